The van der Waals surface area contributed by atoms with Gasteiger partial charge in [0.2, 0.25) is 5.91 Å². The van der Waals surface area contributed by atoms with Crippen LogP contribution in [0.3, 0.4) is 0 Å². The van der Waals surface area contributed by atoms with E-state index in [4.69, 9.17) is 14.3 Å². The molecule has 0 bridgehead atoms. The van der Waals surface area contributed by atoms with Crippen LogP contribution in [0.15, 0.2) is 71.2 Å². The molecular formula is C26H23BrN2O6. The first kappa shape index (κ1) is 23.2. The Morgan fingerprint density at radius 2 is 1.74 bits per heavy atom. The summed E-state index contributed by atoms with van der Waals surface area (Å²) in [5, 5.41) is 11.9. The van der Waals surface area contributed by atoms with Crippen molar-refractivity contribution in [3.63, 3.8) is 0 Å². The number of nitrogens with zero attached hydrogens (tertiary/aromatic N) is 2. The Balaban J connectivity index is 1.60. The van der Waals surface area contributed by atoms with Crippen LogP contribution in [0, 0.1) is 5.92 Å². The molecule has 0 aliphatic carbocycles. The number of phenolic OH excluding ortho intramolecular Hbond substituents is 1. The van der Waals surface area contributed by atoms with Gasteiger partial charge in [-0.2, -0.15) is 0 Å². The molecular weight excluding hydrogens is 516 g/mol. The van der Waals surface area contributed by atoms with Gasteiger partial charge in [0.05, 0.1) is 35.6 Å². The minimum atomic E-state index is -1.01. The standard InChI is InChI=1S/C26H23BrN2O6/c1-3-34-18-11-7-10-17(14-18)28-25(31)21-22(15-12-19(27)23(30)20(13-15)33-2)29(35-24(21)26(28)32)16-8-5-4-6-9-16/h4-14,21-22,24,30H,3H2,1-2H3. The number of methoxy groups -OCH3 is 1. The molecule has 2 amide bonds. The zero-order valence-electron chi connectivity index (χ0n) is 19.1. The van der Waals surface area contributed by atoms with E-state index in [1.165, 1.54) is 12.0 Å². The first-order valence-electron chi connectivity index (χ1n) is 11.1. The molecule has 8 nitrogen and oxygen atoms in total. The molecule has 35 heavy (non-hydrogen) atoms. The number of carbonyl (C=O) groups excluding carboxylic acids is 2. The van der Waals surface area contributed by atoms with Crippen LogP contribution in [0.1, 0.15) is 18.5 Å². The summed E-state index contributed by atoms with van der Waals surface area (Å²) >= 11 is 3.37. The highest BCUT2D eigenvalue weighted by Gasteiger charge is 2.60. The Bertz CT molecular complexity index is 1280. The molecule has 2 aliphatic heterocycles. The second-order valence-electron chi connectivity index (χ2n) is 8.15. The summed E-state index contributed by atoms with van der Waals surface area (Å²) in [5.74, 6) is -0.884. The smallest absolute Gasteiger partial charge is 0.266 e. The number of amides is 2. The summed E-state index contributed by atoms with van der Waals surface area (Å²) < 4.78 is 11.3. The van der Waals surface area contributed by atoms with Gasteiger partial charge in [0, 0.05) is 6.07 Å². The molecule has 5 rings (SSSR count). The lowest BCUT2D eigenvalue weighted by atomic mass is 9.90. The summed E-state index contributed by atoms with van der Waals surface area (Å²) in [6.45, 7) is 2.33. The van der Waals surface area contributed by atoms with E-state index in [1.54, 1.807) is 41.5 Å². The second-order valence-corrected chi connectivity index (χ2v) is 9.01. The van der Waals surface area contributed by atoms with Gasteiger partial charge in [0.15, 0.2) is 17.6 Å². The topological polar surface area (TPSA) is 88.5 Å². The number of hydrogen-bond acceptors (Lipinski definition) is 7. The van der Waals surface area contributed by atoms with Gasteiger partial charge in [0.1, 0.15) is 11.7 Å². The molecule has 0 aromatic heterocycles. The number of fused-ring (bicyclic) bond motifs is 1. The average molecular weight is 539 g/mol. The average Bonchev–Trinajstić information content (AvgIpc) is 3.37. The molecule has 2 saturated heterocycles. The lowest BCUT2D eigenvalue weighted by Gasteiger charge is -2.29. The monoisotopic (exact) mass is 538 g/mol. The SMILES string of the molecule is CCOc1cccc(N2C(=O)C3ON(c4ccccc4)C(c4cc(Br)c(O)c(OC)c4)C3C2=O)c1. The molecule has 0 radical (unpaired) electrons. The van der Waals surface area contributed by atoms with Gasteiger partial charge in [-0.15, -0.1) is 0 Å². The first-order chi connectivity index (χ1) is 16.9. The maximum Gasteiger partial charge on any atom is 0.266 e. The fourth-order valence-electron chi connectivity index (χ4n) is 4.61. The molecule has 3 unspecified atom stereocenters. The van der Waals surface area contributed by atoms with Crippen molar-refractivity contribution >= 4 is 39.1 Å². The van der Waals surface area contributed by atoms with Crippen molar-refractivity contribution in [3.05, 3.63) is 76.8 Å². The van der Waals surface area contributed by atoms with Crippen molar-refractivity contribution in [1.29, 1.82) is 0 Å². The summed E-state index contributed by atoms with van der Waals surface area (Å²) in [5.41, 5.74) is 1.77. The largest absolute Gasteiger partial charge is 0.503 e. The number of benzene rings is 3. The van der Waals surface area contributed by atoms with Gasteiger partial charge in [0.25, 0.3) is 5.91 Å². The minimum absolute atomic E-state index is 0.0545. The van der Waals surface area contributed by atoms with Gasteiger partial charge in [-0.05, 0) is 64.8 Å². The van der Waals surface area contributed by atoms with Crippen LogP contribution < -0.4 is 19.4 Å². The molecule has 3 aromatic carbocycles. The number of hydrogen-bond donors (Lipinski definition) is 1. The highest BCUT2D eigenvalue weighted by molar-refractivity contribution is 9.10. The fourth-order valence-corrected chi connectivity index (χ4v) is 5.07. The van der Waals surface area contributed by atoms with E-state index in [0.29, 0.717) is 33.8 Å². The molecule has 3 atom stereocenters. The van der Waals surface area contributed by atoms with E-state index in [9.17, 15) is 14.7 Å². The number of anilines is 2. The number of carbonyl (C=O) groups is 2. The fraction of sp³-hybridized carbons (Fsp3) is 0.231. The van der Waals surface area contributed by atoms with Crippen LogP contribution in [0.4, 0.5) is 11.4 Å². The number of ether oxygens (including phenoxy) is 2. The van der Waals surface area contributed by atoms with Crippen LogP contribution >= 0.6 is 15.9 Å². The molecule has 180 valence electrons. The highest BCUT2D eigenvalue weighted by Crippen LogP contribution is 2.49. The molecule has 2 heterocycles. The molecule has 1 N–H and O–H groups in total. The van der Waals surface area contributed by atoms with E-state index >= 15 is 0 Å². The number of rotatable bonds is 6. The summed E-state index contributed by atoms with van der Waals surface area (Å²) in [6, 6.07) is 18.9. The van der Waals surface area contributed by atoms with Crippen molar-refractivity contribution in [1.82, 2.24) is 0 Å². The van der Waals surface area contributed by atoms with E-state index in [-0.39, 0.29) is 17.4 Å². The number of imide groups is 1. The van der Waals surface area contributed by atoms with Crippen molar-refractivity contribution in [2.45, 2.75) is 19.1 Å². The minimum Gasteiger partial charge on any atom is -0.503 e. The van der Waals surface area contributed by atoms with E-state index in [0.717, 1.165) is 0 Å². The number of halogens is 1. The Morgan fingerprint density at radius 1 is 1.00 bits per heavy atom. The third-order valence-corrected chi connectivity index (χ3v) is 6.73. The van der Waals surface area contributed by atoms with Crippen LogP contribution in [-0.4, -0.2) is 36.7 Å². The Labute approximate surface area is 210 Å². The lowest BCUT2D eigenvalue weighted by molar-refractivity contribution is -0.126. The molecule has 9 heteroatoms. The normalized spacial score (nSPS) is 21.4. The third-order valence-electron chi connectivity index (χ3n) is 6.13. The summed E-state index contributed by atoms with van der Waals surface area (Å²) in [6.07, 6.45) is -1.01. The Kier molecular flexibility index (Phi) is 6.12. The second kappa shape index (κ2) is 9.24. The zero-order valence-corrected chi connectivity index (χ0v) is 20.6. The van der Waals surface area contributed by atoms with Crippen LogP contribution in [-0.2, 0) is 14.4 Å². The van der Waals surface area contributed by atoms with E-state index in [1.807, 2.05) is 37.3 Å². The number of hydroxylamine groups is 1. The Hall–Kier alpha value is -3.56. The van der Waals surface area contributed by atoms with E-state index < -0.39 is 24.0 Å². The summed E-state index contributed by atoms with van der Waals surface area (Å²) in [4.78, 5) is 34.6. The van der Waals surface area contributed by atoms with Crippen LogP contribution in [0.5, 0.6) is 17.2 Å². The number of phenols is 1. The van der Waals surface area contributed by atoms with E-state index in [2.05, 4.69) is 15.9 Å². The Morgan fingerprint density at radius 3 is 2.46 bits per heavy atom. The highest BCUT2D eigenvalue weighted by atomic mass is 79.9. The van der Waals surface area contributed by atoms with Gasteiger partial charge in [-0.25, -0.2) is 9.96 Å². The van der Waals surface area contributed by atoms with Crippen molar-refractivity contribution < 1.29 is 29.0 Å². The van der Waals surface area contributed by atoms with Crippen LogP contribution in [0.25, 0.3) is 0 Å². The zero-order chi connectivity index (χ0) is 24.7. The maximum atomic E-state index is 13.8. The van der Waals surface area contributed by atoms with Gasteiger partial charge in [-0.3, -0.25) is 14.4 Å². The molecule has 3 aromatic rings. The van der Waals surface area contributed by atoms with Crippen molar-refractivity contribution in [2.75, 3.05) is 23.7 Å². The van der Waals surface area contributed by atoms with Gasteiger partial charge >= 0.3 is 0 Å². The molecule has 0 spiro atoms. The first-order valence-corrected chi connectivity index (χ1v) is 11.9. The predicted molar refractivity (Wildman–Crippen MR) is 132 cm³/mol. The quantitative estimate of drug-likeness (QED) is 0.458. The third kappa shape index (κ3) is 3.90. The number of para-hydroxylation sites is 1. The maximum absolute atomic E-state index is 13.8. The van der Waals surface area contributed by atoms with Gasteiger partial charge < -0.3 is 14.6 Å². The van der Waals surface area contributed by atoms with Crippen LogP contribution in [0.2, 0.25) is 0 Å². The summed E-state index contributed by atoms with van der Waals surface area (Å²) in [7, 11) is 1.45. The van der Waals surface area contributed by atoms with Gasteiger partial charge in [-0.1, -0.05) is 24.3 Å². The van der Waals surface area contributed by atoms with Crippen molar-refractivity contribution in [2.24, 2.45) is 5.92 Å². The predicted octanol–water partition coefficient (Wildman–Crippen LogP) is 4.61. The molecule has 0 saturated carbocycles. The molecule has 2 fully saturated rings. The van der Waals surface area contributed by atoms with Crippen molar-refractivity contribution in [3.8, 4) is 17.2 Å². The molecule has 2 aliphatic rings. The number of aromatic hydroxyl groups is 1. The lowest BCUT2D eigenvalue weighted by Crippen LogP contribution is -2.37.